The van der Waals surface area contributed by atoms with Gasteiger partial charge in [0.15, 0.2) is 0 Å². The monoisotopic (exact) mass is 370 g/mol. The molecule has 7 nitrogen and oxygen atoms in total. The molecule has 26 heavy (non-hydrogen) atoms. The predicted octanol–water partition coefficient (Wildman–Crippen LogP) is 2.43. The Morgan fingerprint density at radius 3 is 2.62 bits per heavy atom. The molecule has 2 aromatic heterocycles. The average molecular weight is 370 g/mol. The molecule has 134 valence electrons. The minimum Gasteiger partial charge on any atom is -0.321 e. The van der Waals surface area contributed by atoms with E-state index < -0.39 is 10.0 Å². The molecule has 1 N–H and O–H groups in total. The standard InChI is InChI=1S/C18H18N4O3S/c1-13-4-2-9-21-12-16(20-17(13)21)18(23)19-14-5-7-15(8-6-14)22-10-3-11-26(22,24)25/h2,4-9,12H,3,10-11H2,1H3,(H,19,23). The zero-order valence-electron chi connectivity index (χ0n) is 14.2. The minimum absolute atomic E-state index is 0.179. The molecule has 1 fully saturated rings. The molecule has 0 saturated carbocycles. The number of imidazole rings is 1. The van der Waals surface area contributed by atoms with Crippen molar-refractivity contribution in [2.75, 3.05) is 21.9 Å². The number of hydrogen-bond donors (Lipinski definition) is 1. The van der Waals surface area contributed by atoms with Crippen molar-refractivity contribution in [2.24, 2.45) is 0 Å². The van der Waals surface area contributed by atoms with Crippen molar-refractivity contribution in [3.63, 3.8) is 0 Å². The largest absolute Gasteiger partial charge is 0.321 e. The van der Waals surface area contributed by atoms with E-state index in [4.69, 9.17) is 0 Å². The van der Waals surface area contributed by atoms with Crippen molar-refractivity contribution in [1.82, 2.24) is 9.38 Å². The minimum atomic E-state index is -3.20. The van der Waals surface area contributed by atoms with Gasteiger partial charge in [-0.1, -0.05) is 6.07 Å². The van der Waals surface area contributed by atoms with E-state index in [1.807, 2.05) is 29.7 Å². The fraction of sp³-hybridized carbons (Fsp3) is 0.222. The second-order valence-corrected chi connectivity index (χ2v) is 8.30. The molecule has 1 saturated heterocycles. The molecule has 0 atom stereocenters. The number of amides is 1. The van der Waals surface area contributed by atoms with Crippen LogP contribution in [-0.2, 0) is 10.0 Å². The number of aryl methyl sites for hydroxylation is 1. The van der Waals surface area contributed by atoms with Gasteiger partial charge < -0.3 is 9.72 Å². The number of nitrogens with one attached hydrogen (secondary N) is 1. The summed E-state index contributed by atoms with van der Waals surface area (Å²) in [7, 11) is -3.20. The predicted molar refractivity (Wildman–Crippen MR) is 100 cm³/mol. The first kappa shape index (κ1) is 16.6. The van der Waals surface area contributed by atoms with E-state index in [1.54, 1.807) is 30.5 Å². The second kappa shape index (κ2) is 6.14. The molecule has 1 aromatic carbocycles. The van der Waals surface area contributed by atoms with Gasteiger partial charge in [0.25, 0.3) is 5.91 Å². The normalized spacial score (nSPS) is 16.1. The van der Waals surface area contributed by atoms with Crippen molar-refractivity contribution in [1.29, 1.82) is 0 Å². The van der Waals surface area contributed by atoms with Crippen LogP contribution in [0.15, 0.2) is 48.8 Å². The highest BCUT2D eigenvalue weighted by atomic mass is 32.2. The third kappa shape index (κ3) is 2.92. The van der Waals surface area contributed by atoms with Gasteiger partial charge in [-0.15, -0.1) is 0 Å². The Balaban J connectivity index is 1.53. The maximum Gasteiger partial charge on any atom is 0.275 e. The van der Waals surface area contributed by atoms with Gasteiger partial charge in [0.05, 0.1) is 11.4 Å². The molecule has 3 heterocycles. The summed E-state index contributed by atoms with van der Waals surface area (Å²) in [6, 6.07) is 10.6. The van der Waals surface area contributed by atoms with Crippen LogP contribution in [0.25, 0.3) is 5.65 Å². The van der Waals surface area contributed by atoms with Gasteiger partial charge in [0.2, 0.25) is 10.0 Å². The Bertz CT molecular complexity index is 1090. The molecular weight excluding hydrogens is 352 g/mol. The van der Waals surface area contributed by atoms with Crippen molar-refractivity contribution >= 4 is 33.0 Å². The van der Waals surface area contributed by atoms with Crippen molar-refractivity contribution in [3.8, 4) is 0 Å². The summed E-state index contributed by atoms with van der Waals surface area (Å²) < 4.78 is 27.2. The van der Waals surface area contributed by atoms with Crippen LogP contribution in [-0.4, -0.2) is 36.0 Å². The number of nitrogens with zero attached hydrogens (tertiary/aromatic N) is 3. The summed E-state index contributed by atoms with van der Waals surface area (Å²) in [6.45, 7) is 2.43. The molecular formula is C18H18N4O3S. The molecule has 8 heteroatoms. The molecule has 0 unspecified atom stereocenters. The highest BCUT2D eigenvalue weighted by molar-refractivity contribution is 7.93. The van der Waals surface area contributed by atoms with Crippen molar-refractivity contribution in [2.45, 2.75) is 13.3 Å². The lowest BCUT2D eigenvalue weighted by atomic mass is 10.2. The molecule has 0 spiro atoms. The van der Waals surface area contributed by atoms with E-state index in [1.165, 1.54) is 4.31 Å². The van der Waals surface area contributed by atoms with Crippen LogP contribution in [0.1, 0.15) is 22.5 Å². The highest BCUT2D eigenvalue weighted by Crippen LogP contribution is 2.25. The molecule has 0 radical (unpaired) electrons. The fourth-order valence-electron chi connectivity index (χ4n) is 3.10. The zero-order valence-corrected chi connectivity index (χ0v) is 15.0. The van der Waals surface area contributed by atoms with Gasteiger partial charge in [-0.25, -0.2) is 13.4 Å². The van der Waals surface area contributed by atoms with E-state index in [-0.39, 0.29) is 11.7 Å². The topological polar surface area (TPSA) is 83.8 Å². The smallest absolute Gasteiger partial charge is 0.275 e. The first-order valence-corrected chi connectivity index (χ1v) is 9.91. The summed E-state index contributed by atoms with van der Waals surface area (Å²) in [5, 5.41) is 2.79. The Morgan fingerprint density at radius 1 is 1.19 bits per heavy atom. The van der Waals surface area contributed by atoms with E-state index >= 15 is 0 Å². The third-order valence-electron chi connectivity index (χ3n) is 4.42. The maximum atomic E-state index is 12.4. The molecule has 1 amide bonds. The number of benzene rings is 1. The molecule has 0 bridgehead atoms. The van der Waals surface area contributed by atoms with Crippen molar-refractivity contribution < 1.29 is 13.2 Å². The van der Waals surface area contributed by atoms with Crippen LogP contribution in [0.2, 0.25) is 0 Å². The number of pyridine rings is 1. The second-order valence-electron chi connectivity index (χ2n) is 6.29. The molecule has 1 aliphatic heterocycles. The summed E-state index contributed by atoms with van der Waals surface area (Å²) in [4.78, 5) is 16.8. The first-order valence-electron chi connectivity index (χ1n) is 8.30. The van der Waals surface area contributed by atoms with Crippen LogP contribution < -0.4 is 9.62 Å². The lowest BCUT2D eigenvalue weighted by Crippen LogP contribution is -2.25. The molecule has 3 aromatic rings. The quantitative estimate of drug-likeness (QED) is 0.767. The highest BCUT2D eigenvalue weighted by Gasteiger charge is 2.28. The number of aromatic nitrogens is 2. The van der Waals surface area contributed by atoms with Crippen LogP contribution >= 0.6 is 0 Å². The van der Waals surface area contributed by atoms with Gasteiger partial charge in [-0.3, -0.25) is 9.10 Å². The van der Waals surface area contributed by atoms with Crippen LogP contribution in [0, 0.1) is 6.92 Å². The van der Waals surface area contributed by atoms with Gasteiger partial charge in [0.1, 0.15) is 11.3 Å². The van der Waals surface area contributed by atoms with Gasteiger partial charge in [-0.05, 0) is 49.2 Å². The fourth-order valence-corrected chi connectivity index (χ4v) is 4.66. The molecule has 1 aliphatic rings. The van der Waals surface area contributed by atoms with E-state index in [0.29, 0.717) is 30.0 Å². The van der Waals surface area contributed by atoms with Crippen LogP contribution in [0.5, 0.6) is 0 Å². The van der Waals surface area contributed by atoms with Gasteiger partial charge in [-0.2, -0.15) is 0 Å². The zero-order chi connectivity index (χ0) is 18.3. The van der Waals surface area contributed by atoms with Crippen molar-refractivity contribution in [3.05, 3.63) is 60.0 Å². The Hall–Kier alpha value is -2.87. The maximum absolute atomic E-state index is 12.4. The average Bonchev–Trinajstić information content (AvgIpc) is 3.19. The third-order valence-corrected chi connectivity index (χ3v) is 6.29. The molecule has 0 aliphatic carbocycles. The van der Waals surface area contributed by atoms with Crippen LogP contribution in [0.4, 0.5) is 11.4 Å². The lowest BCUT2D eigenvalue weighted by molar-refractivity contribution is 0.102. The Kier molecular flexibility index (Phi) is 3.91. The van der Waals surface area contributed by atoms with Gasteiger partial charge >= 0.3 is 0 Å². The summed E-state index contributed by atoms with van der Waals surface area (Å²) in [5.74, 6) is -0.131. The van der Waals surface area contributed by atoms with Gasteiger partial charge in [0, 0.05) is 24.6 Å². The number of hydrogen-bond acceptors (Lipinski definition) is 4. The number of anilines is 2. The summed E-state index contributed by atoms with van der Waals surface area (Å²) >= 11 is 0. The summed E-state index contributed by atoms with van der Waals surface area (Å²) in [5.41, 5.74) is 3.26. The SMILES string of the molecule is Cc1cccn2cc(C(=O)Nc3ccc(N4CCCS4(=O)=O)cc3)nc12. The Morgan fingerprint density at radius 2 is 1.96 bits per heavy atom. The molecule has 4 rings (SSSR count). The van der Waals surface area contributed by atoms with Crippen LogP contribution in [0.3, 0.4) is 0 Å². The van der Waals surface area contributed by atoms with E-state index in [0.717, 1.165) is 11.2 Å². The number of carbonyl (C=O) groups excluding carboxylic acids is 1. The first-order chi connectivity index (χ1) is 12.4. The number of fused-ring (bicyclic) bond motifs is 1. The Labute approximate surface area is 151 Å². The summed E-state index contributed by atoms with van der Waals surface area (Å²) in [6.07, 6.45) is 4.16. The lowest BCUT2D eigenvalue weighted by Gasteiger charge is -2.17. The van der Waals surface area contributed by atoms with E-state index in [9.17, 15) is 13.2 Å². The number of carbonyl (C=O) groups is 1. The van der Waals surface area contributed by atoms with E-state index in [2.05, 4.69) is 10.3 Å². The number of sulfonamides is 1. The number of rotatable bonds is 3.